The average Bonchev–Trinajstić information content (AvgIpc) is 3.28. The van der Waals surface area contributed by atoms with Crippen molar-refractivity contribution in [1.29, 1.82) is 0 Å². The van der Waals surface area contributed by atoms with Crippen molar-refractivity contribution in [2.75, 3.05) is 41.0 Å². The maximum Gasteiger partial charge on any atom is 0.362 e. The molecule has 0 bridgehead atoms. The molecule has 0 aromatic carbocycles. The van der Waals surface area contributed by atoms with Gasteiger partial charge in [0.2, 0.25) is 0 Å². The highest BCUT2D eigenvalue weighted by Gasteiger charge is 2.31. The van der Waals surface area contributed by atoms with Crippen LogP contribution in [0.1, 0.15) is 226 Å². The number of aliphatic carboxylic acids is 1. The lowest BCUT2D eigenvalue weighted by atomic mass is 10.1. The van der Waals surface area contributed by atoms with E-state index in [0.717, 1.165) is 77.0 Å². The molecule has 0 radical (unpaired) electrons. The zero-order chi connectivity index (χ0) is 48.4. The number of carbonyl (C=O) groups is 3. The Morgan fingerprint density at radius 3 is 1.27 bits per heavy atom. The molecule has 0 amide bonds. The molecule has 0 heterocycles. The highest BCUT2D eigenvalue weighted by Crippen LogP contribution is 2.15. The smallest absolute Gasteiger partial charge is 0.362 e. The number of ether oxygens (including phenoxy) is 3. The first kappa shape index (κ1) is 62.8. The maximum absolute atomic E-state index is 12.8. The summed E-state index contributed by atoms with van der Waals surface area (Å²) in [6.07, 6.45) is 62.4. The first-order valence-corrected chi connectivity index (χ1v) is 27.0. The van der Waals surface area contributed by atoms with Gasteiger partial charge in [0.15, 0.2) is 12.1 Å². The van der Waals surface area contributed by atoms with Crippen LogP contribution >= 0.6 is 0 Å². The summed E-state index contributed by atoms with van der Waals surface area (Å²) in [5.74, 6) is -1.48. The largest absolute Gasteiger partial charge is 0.477 e. The van der Waals surface area contributed by atoms with Gasteiger partial charge in [-0.2, -0.15) is 0 Å². The van der Waals surface area contributed by atoms with Crippen molar-refractivity contribution in [3.8, 4) is 0 Å². The molecule has 1 N–H and O–H groups in total. The molecule has 380 valence electrons. The molecule has 8 nitrogen and oxygen atoms in total. The van der Waals surface area contributed by atoms with Crippen LogP contribution in [0, 0.1) is 0 Å². The molecule has 66 heavy (non-hydrogen) atoms. The van der Waals surface area contributed by atoms with E-state index in [0.29, 0.717) is 19.3 Å². The molecular weight excluding hydrogens is 823 g/mol. The third kappa shape index (κ3) is 45.9. The van der Waals surface area contributed by atoms with E-state index in [1.165, 1.54) is 116 Å². The summed E-state index contributed by atoms with van der Waals surface area (Å²) >= 11 is 0. The predicted octanol–water partition coefficient (Wildman–Crippen LogP) is 15.9. The van der Waals surface area contributed by atoms with Crippen LogP contribution in [-0.2, 0) is 28.6 Å². The number of carboxylic acids is 1. The zero-order valence-electron chi connectivity index (χ0n) is 43.4. The quantitative estimate of drug-likeness (QED) is 0.0281. The number of quaternary nitrogens is 1. The number of nitrogens with zero attached hydrogens (tertiary/aromatic N) is 1. The maximum atomic E-state index is 12.8. The van der Waals surface area contributed by atoms with Crippen molar-refractivity contribution in [3.63, 3.8) is 0 Å². The van der Waals surface area contributed by atoms with Gasteiger partial charge in [-0.3, -0.25) is 9.59 Å². The molecule has 0 fully saturated rings. The van der Waals surface area contributed by atoms with Crippen LogP contribution in [0.15, 0.2) is 72.9 Å². The van der Waals surface area contributed by atoms with E-state index in [9.17, 15) is 19.5 Å². The summed E-state index contributed by atoms with van der Waals surface area (Å²) in [4.78, 5) is 37.2. The molecule has 0 rings (SSSR count). The number of unbranched alkanes of at least 4 members (excludes halogenated alkanes) is 22. The summed E-state index contributed by atoms with van der Waals surface area (Å²) in [6.45, 7) is 4.62. The first-order valence-electron chi connectivity index (χ1n) is 27.0. The van der Waals surface area contributed by atoms with Crippen LogP contribution in [0.4, 0.5) is 0 Å². The standard InChI is InChI=1S/C58H101NO7/c1-6-8-10-12-14-16-18-20-22-24-26-27-28-29-31-32-34-36-38-40-42-44-46-48-56(60)65-53-54(52-64-51-50-55(58(62)63)59(3,4)5)66-57(61)49-47-45-43-41-39-37-35-33-30-25-23-21-19-17-15-13-11-9-7-2/h8,10,14,16,20,22,25-27,29-31,54-55H,6-7,9,11-13,15,17-19,21,23-24,28,32-53H2,1-5H3/p+1/b10-8+,16-14+,22-20+,27-26+,30-25+,31-29+. The second-order valence-corrected chi connectivity index (χ2v) is 19.1. The summed E-state index contributed by atoms with van der Waals surface area (Å²) in [6, 6.07) is -0.621. The van der Waals surface area contributed by atoms with E-state index in [2.05, 4.69) is 86.8 Å². The molecule has 2 unspecified atom stereocenters. The second kappa shape index (κ2) is 48.2. The molecule has 8 heteroatoms. The topological polar surface area (TPSA) is 99.1 Å². The molecule has 0 aliphatic heterocycles. The summed E-state index contributed by atoms with van der Waals surface area (Å²) < 4.78 is 17.4. The number of carboxylic acid groups (broad SMARTS) is 1. The van der Waals surface area contributed by atoms with E-state index in [4.69, 9.17) is 14.2 Å². The van der Waals surface area contributed by atoms with Crippen LogP contribution in [0.25, 0.3) is 0 Å². The van der Waals surface area contributed by atoms with Gasteiger partial charge in [0.05, 0.1) is 34.4 Å². The van der Waals surface area contributed by atoms with Crippen LogP contribution in [0.5, 0.6) is 0 Å². The number of esters is 2. The van der Waals surface area contributed by atoms with E-state index < -0.39 is 18.1 Å². The van der Waals surface area contributed by atoms with Crippen LogP contribution in [0.2, 0.25) is 0 Å². The fourth-order valence-corrected chi connectivity index (χ4v) is 7.70. The van der Waals surface area contributed by atoms with Gasteiger partial charge in [-0.05, 0) is 83.5 Å². The van der Waals surface area contributed by atoms with E-state index in [1.807, 2.05) is 21.1 Å². The number of carbonyl (C=O) groups excluding carboxylic acids is 2. The fourth-order valence-electron chi connectivity index (χ4n) is 7.70. The van der Waals surface area contributed by atoms with Gasteiger partial charge in [0.1, 0.15) is 6.61 Å². The van der Waals surface area contributed by atoms with Gasteiger partial charge in [0, 0.05) is 19.3 Å². The van der Waals surface area contributed by atoms with E-state index >= 15 is 0 Å². The lowest BCUT2D eigenvalue weighted by molar-refractivity contribution is -0.887. The van der Waals surface area contributed by atoms with Gasteiger partial charge in [0.25, 0.3) is 0 Å². The lowest BCUT2D eigenvalue weighted by Gasteiger charge is -2.31. The number of hydrogen-bond acceptors (Lipinski definition) is 6. The molecule has 0 aliphatic rings. The Kier molecular flexibility index (Phi) is 45.9. The van der Waals surface area contributed by atoms with Crippen molar-refractivity contribution in [1.82, 2.24) is 0 Å². The minimum atomic E-state index is -0.878. The molecule has 0 saturated heterocycles. The van der Waals surface area contributed by atoms with Crippen molar-refractivity contribution in [2.24, 2.45) is 0 Å². The SMILES string of the molecule is CC/C=C/C/C=C/C/C=C/C/C=C/C/C=C/CCCCCCCCCC(=O)OCC(COCCC(C(=O)O)[N+](C)(C)C)OC(=O)CCCCCCCCC/C=C/CCCCCCCCCC. The minimum Gasteiger partial charge on any atom is -0.477 e. The number of rotatable bonds is 48. The molecule has 2 atom stereocenters. The van der Waals surface area contributed by atoms with Gasteiger partial charge in [-0.1, -0.05) is 196 Å². The Bertz CT molecular complexity index is 1310. The number of allylic oxidation sites excluding steroid dienone is 12. The summed E-state index contributed by atoms with van der Waals surface area (Å²) in [5.41, 5.74) is 0. The first-order chi connectivity index (χ1) is 32.1. The number of likely N-dealkylation sites (N-methyl/N-ethyl adjacent to an activating group) is 1. The third-order valence-corrected chi connectivity index (χ3v) is 11.8. The Morgan fingerprint density at radius 2 is 0.848 bits per heavy atom. The third-order valence-electron chi connectivity index (χ3n) is 11.8. The molecule has 0 spiro atoms. The minimum absolute atomic E-state index is 0.0535. The summed E-state index contributed by atoms with van der Waals surface area (Å²) in [5, 5.41) is 9.67. The molecule has 0 aromatic heterocycles. The van der Waals surface area contributed by atoms with Crippen LogP contribution in [-0.4, -0.2) is 80.6 Å². The molecule has 0 aliphatic carbocycles. The normalized spacial score (nSPS) is 13.4. The van der Waals surface area contributed by atoms with E-state index in [-0.39, 0.29) is 36.2 Å². The second-order valence-electron chi connectivity index (χ2n) is 19.1. The molecule has 0 aromatic rings. The van der Waals surface area contributed by atoms with Gasteiger partial charge in [-0.25, -0.2) is 4.79 Å². The van der Waals surface area contributed by atoms with Gasteiger partial charge >= 0.3 is 17.9 Å². The number of hydrogen-bond donors (Lipinski definition) is 1. The van der Waals surface area contributed by atoms with Crippen LogP contribution < -0.4 is 0 Å². The monoisotopic (exact) mass is 925 g/mol. The Morgan fingerprint density at radius 1 is 0.470 bits per heavy atom. The highest BCUT2D eigenvalue weighted by atomic mass is 16.6. The van der Waals surface area contributed by atoms with Crippen molar-refractivity contribution < 1.29 is 38.2 Å². The Balaban J connectivity index is 4.25. The van der Waals surface area contributed by atoms with Crippen molar-refractivity contribution in [3.05, 3.63) is 72.9 Å². The Hall–Kier alpha value is -3.23. The average molecular weight is 925 g/mol. The lowest BCUT2D eigenvalue weighted by Crippen LogP contribution is -2.50. The fraction of sp³-hybridized carbons (Fsp3) is 0.741. The Labute approximate surface area is 406 Å². The van der Waals surface area contributed by atoms with Crippen molar-refractivity contribution >= 4 is 17.9 Å². The van der Waals surface area contributed by atoms with Gasteiger partial charge in [-0.15, -0.1) is 0 Å². The van der Waals surface area contributed by atoms with Crippen LogP contribution in [0.3, 0.4) is 0 Å². The molecular formula is C58H102NO7+. The summed E-state index contributed by atoms with van der Waals surface area (Å²) in [7, 11) is 5.53. The van der Waals surface area contributed by atoms with E-state index in [1.54, 1.807) is 0 Å². The predicted molar refractivity (Wildman–Crippen MR) is 280 cm³/mol. The molecule has 0 saturated carbocycles. The zero-order valence-corrected chi connectivity index (χ0v) is 43.4. The van der Waals surface area contributed by atoms with Gasteiger partial charge < -0.3 is 23.8 Å². The highest BCUT2D eigenvalue weighted by molar-refractivity contribution is 5.72. The van der Waals surface area contributed by atoms with Crippen molar-refractivity contribution in [2.45, 2.75) is 238 Å².